The van der Waals surface area contributed by atoms with Crippen molar-refractivity contribution in [2.45, 2.75) is 25.0 Å². The SMILES string of the molecule is O=S(=O)(Cc1ccccc1)Nc1c(F)cc(Oc2ncccc2-c2ccnc(CC3CCCNC3)n2)c(F)c1F. The lowest BCUT2D eigenvalue weighted by Crippen LogP contribution is -2.31. The number of ether oxygens (including phenoxy) is 1. The van der Waals surface area contributed by atoms with Crippen LogP contribution in [0.15, 0.2) is 67.0 Å². The molecular formula is C28H26F3N5O3S. The molecule has 2 aromatic carbocycles. The van der Waals surface area contributed by atoms with E-state index in [1.54, 1.807) is 59.4 Å². The van der Waals surface area contributed by atoms with Gasteiger partial charge in [-0.05, 0) is 55.6 Å². The van der Waals surface area contributed by atoms with Crippen LogP contribution in [-0.4, -0.2) is 36.5 Å². The summed E-state index contributed by atoms with van der Waals surface area (Å²) in [4.78, 5) is 13.1. The van der Waals surface area contributed by atoms with Crippen LogP contribution in [0.3, 0.4) is 0 Å². The van der Waals surface area contributed by atoms with Gasteiger partial charge in [-0.15, -0.1) is 0 Å². The zero-order chi connectivity index (χ0) is 28.1. The fraction of sp³-hybridized carbons (Fsp3) is 0.250. The van der Waals surface area contributed by atoms with Crippen LogP contribution in [0.1, 0.15) is 24.2 Å². The molecule has 1 fully saturated rings. The van der Waals surface area contributed by atoms with Gasteiger partial charge in [0.1, 0.15) is 11.5 Å². The fourth-order valence-corrected chi connectivity index (χ4v) is 5.70. The number of aromatic nitrogens is 3. The molecule has 2 aromatic heterocycles. The average Bonchev–Trinajstić information content (AvgIpc) is 2.95. The molecule has 1 aliphatic rings. The van der Waals surface area contributed by atoms with Crippen molar-refractivity contribution in [1.29, 1.82) is 0 Å². The first-order valence-electron chi connectivity index (χ1n) is 12.7. The van der Waals surface area contributed by atoms with Crippen LogP contribution in [0.25, 0.3) is 11.3 Å². The average molecular weight is 570 g/mol. The second-order valence-corrected chi connectivity index (χ2v) is 11.2. The third-order valence-corrected chi connectivity index (χ3v) is 7.64. The van der Waals surface area contributed by atoms with Crippen molar-refractivity contribution in [2.75, 3.05) is 17.8 Å². The summed E-state index contributed by atoms with van der Waals surface area (Å²) >= 11 is 0. The zero-order valence-corrected chi connectivity index (χ0v) is 22.1. The van der Waals surface area contributed by atoms with Gasteiger partial charge in [-0.1, -0.05) is 30.3 Å². The predicted octanol–water partition coefficient (Wildman–Crippen LogP) is 5.23. The van der Waals surface area contributed by atoms with Gasteiger partial charge < -0.3 is 10.1 Å². The number of hydrogen-bond acceptors (Lipinski definition) is 7. The largest absolute Gasteiger partial charge is 0.435 e. The summed E-state index contributed by atoms with van der Waals surface area (Å²) in [5, 5.41) is 3.36. The quantitative estimate of drug-likeness (QED) is 0.266. The number of benzene rings is 2. The first kappa shape index (κ1) is 27.5. The number of nitrogens with zero attached hydrogens (tertiary/aromatic N) is 3. The minimum absolute atomic E-state index is 0.137. The molecule has 1 unspecified atom stereocenters. The molecule has 0 amide bonds. The van der Waals surface area contributed by atoms with E-state index in [1.807, 2.05) is 0 Å². The van der Waals surface area contributed by atoms with Crippen LogP contribution >= 0.6 is 0 Å². The topological polar surface area (TPSA) is 106 Å². The second kappa shape index (κ2) is 12.0. The molecule has 8 nitrogen and oxygen atoms in total. The summed E-state index contributed by atoms with van der Waals surface area (Å²) in [6.07, 6.45) is 5.80. The maximum Gasteiger partial charge on any atom is 0.237 e. The Morgan fingerprint density at radius 2 is 1.82 bits per heavy atom. The summed E-state index contributed by atoms with van der Waals surface area (Å²) in [5.41, 5.74) is 0.0613. The molecule has 5 rings (SSSR count). The van der Waals surface area contributed by atoms with Crippen LogP contribution < -0.4 is 14.8 Å². The molecule has 40 heavy (non-hydrogen) atoms. The molecule has 0 radical (unpaired) electrons. The van der Waals surface area contributed by atoms with E-state index in [2.05, 4.69) is 20.3 Å². The van der Waals surface area contributed by atoms with Crippen LogP contribution in [0.2, 0.25) is 0 Å². The smallest absolute Gasteiger partial charge is 0.237 e. The maximum atomic E-state index is 15.0. The lowest BCUT2D eigenvalue weighted by Gasteiger charge is -2.22. The molecule has 1 atom stereocenters. The number of sulfonamides is 1. The Kier molecular flexibility index (Phi) is 8.27. The molecule has 0 saturated carbocycles. The van der Waals surface area contributed by atoms with E-state index in [0.29, 0.717) is 41.1 Å². The minimum Gasteiger partial charge on any atom is -0.435 e. The van der Waals surface area contributed by atoms with E-state index >= 15 is 4.39 Å². The highest BCUT2D eigenvalue weighted by Gasteiger charge is 2.25. The third-order valence-electron chi connectivity index (χ3n) is 6.41. The van der Waals surface area contributed by atoms with Gasteiger partial charge in [-0.3, -0.25) is 4.72 Å². The highest BCUT2D eigenvalue weighted by molar-refractivity contribution is 7.91. The number of anilines is 1. The molecule has 1 aliphatic heterocycles. The van der Waals surface area contributed by atoms with Gasteiger partial charge in [0.15, 0.2) is 17.4 Å². The summed E-state index contributed by atoms with van der Waals surface area (Å²) in [5.74, 6) is -5.15. The van der Waals surface area contributed by atoms with Crippen molar-refractivity contribution in [2.24, 2.45) is 5.92 Å². The third kappa shape index (κ3) is 6.57. The van der Waals surface area contributed by atoms with Crippen molar-refractivity contribution >= 4 is 15.7 Å². The van der Waals surface area contributed by atoms with E-state index in [1.165, 1.54) is 6.20 Å². The Bertz CT molecular complexity index is 1600. The van der Waals surface area contributed by atoms with Gasteiger partial charge in [0.2, 0.25) is 21.7 Å². The van der Waals surface area contributed by atoms with Gasteiger partial charge in [0.25, 0.3) is 0 Å². The van der Waals surface area contributed by atoms with Crippen molar-refractivity contribution in [3.05, 3.63) is 95.8 Å². The van der Waals surface area contributed by atoms with Gasteiger partial charge >= 0.3 is 0 Å². The number of piperidine rings is 1. The summed E-state index contributed by atoms with van der Waals surface area (Å²) in [6, 6.07) is 13.5. The monoisotopic (exact) mass is 569 g/mol. The molecule has 1 saturated heterocycles. The molecule has 0 aliphatic carbocycles. The maximum absolute atomic E-state index is 15.0. The molecular weight excluding hydrogens is 543 g/mol. The molecule has 2 N–H and O–H groups in total. The van der Waals surface area contributed by atoms with Crippen molar-refractivity contribution in [1.82, 2.24) is 20.3 Å². The number of pyridine rings is 1. The van der Waals surface area contributed by atoms with Crippen LogP contribution in [0, 0.1) is 23.4 Å². The fourth-order valence-electron chi connectivity index (χ4n) is 4.50. The first-order chi connectivity index (χ1) is 19.3. The van der Waals surface area contributed by atoms with Crippen LogP contribution in [0.4, 0.5) is 18.9 Å². The van der Waals surface area contributed by atoms with Crippen LogP contribution in [-0.2, 0) is 22.2 Å². The van der Waals surface area contributed by atoms with E-state index in [4.69, 9.17) is 4.74 Å². The van der Waals surface area contributed by atoms with E-state index in [9.17, 15) is 17.2 Å². The minimum atomic E-state index is -4.25. The Balaban J connectivity index is 1.38. The Hall–Kier alpha value is -4.03. The Morgan fingerprint density at radius 3 is 2.60 bits per heavy atom. The number of nitrogens with one attached hydrogen (secondary N) is 2. The zero-order valence-electron chi connectivity index (χ0n) is 21.3. The number of hydrogen-bond donors (Lipinski definition) is 2. The second-order valence-electron chi connectivity index (χ2n) is 9.44. The van der Waals surface area contributed by atoms with Crippen molar-refractivity contribution < 1.29 is 26.3 Å². The summed E-state index contributed by atoms with van der Waals surface area (Å²) in [6.45, 7) is 1.87. The highest BCUT2D eigenvalue weighted by atomic mass is 32.2. The van der Waals surface area contributed by atoms with E-state index < -0.39 is 44.7 Å². The van der Waals surface area contributed by atoms with E-state index in [0.717, 1.165) is 25.9 Å². The van der Waals surface area contributed by atoms with E-state index in [-0.39, 0.29) is 5.88 Å². The van der Waals surface area contributed by atoms with Crippen LogP contribution in [0.5, 0.6) is 11.6 Å². The van der Waals surface area contributed by atoms with Gasteiger partial charge in [0, 0.05) is 24.9 Å². The van der Waals surface area contributed by atoms with Gasteiger partial charge in [-0.2, -0.15) is 4.39 Å². The predicted molar refractivity (Wildman–Crippen MR) is 144 cm³/mol. The standard InChI is InChI=1S/C28H26F3N5O3S/c29-21-15-23(25(30)26(31)27(21)36-40(37,38)17-18-6-2-1-3-7-18)39-28-20(9-5-12-34-28)22-10-13-33-24(35-22)14-19-8-4-11-32-16-19/h1-3,5-7,9-10,12-13,15,19,32,36H,4,8,11,14,16-17H2. The Labute approximate surface area is 229 Å². The lowest BCUT2D eigenvalue weighted by molar-refractivity contribution is 0.370. The first-order valence-corrected chi connectivity index (χ1v) is 14.3. The molecule has 0 bridgehead atoms. The van der Waals surface area contributed by atoms with Crippen molar-refractivity contribution in [3.63, 3.8) is 0 Å². The lowest BCUT2D eigenvalue weighted by atomic mass is 9.96. The molecule has 208 valence electrons. The van der Waals surface area contributed by atoms with Gasteiger partial charge in [-0.25, -0.2) is 32.2 Å². The Morgan fingerprint density at radius 1 is 1.00 bits per heavy atom. The highest BCUT2D eigenvalue weighted by Crippen LogP contribution is 2.35. The number of halogens is 3. The molecule has 12 heteroatoms. The molecule has 3 heterocycles. The molecule has 4 aromatic rings. The number of rotatable bonds is 9. The van der Waals surface area contributed by atoms with Gasteiger partial charge in [0.05, 0.1) is 17.0 Å². The molecule has 0 spiro atoms. The van der Waals surface area contributed by atoms with Crippen molar-refractivity contribution in [3.8, 4) is 22.9 Å². The summed E-state index contributed by atoms with van der Waals surface area (Å²) < 4.78 is 77.2. The summed E-state index contributed by atoms with van der Waals surface area (Å²) in [7, 11) is -4.25. The normalized spacial score (nSPS) is 15.5.